The Morgan fingerprint density at radius 2 is 1.05 bits per heavy atom. The van der Waals surface area contributed by atoms with Gasteiger partial charge in [-0.1, -0.05) is 30.3 Å². The van der Waals surface area contributed by atoms with Crippen LogP contribution in [0.4, 0.5) is 52.7 Å². The summed E-state index contributed by atoms with van der Waals surface area (Å²) in [5.74, 6) is -0.944. The average molecular weight is 654 g/mol. The molecule has 1 aliphatic heterocycles. The van der Waals surface area contributed by atoms with Crippen LogP contribution < -0.4 is 9.47 Å². The highest BCUT2D eigenvalue weighted by atomic mass is 32.2. The fourth-order valence-electron chi connectivity index (χ4n) is 4.12. The first kappa shape index (κ1) is 32.6. The second-order valence-electron chi connectivity index (χ2n) is 9.29. The Kier molecular flexibility index (Phi) is 8.11. The van der Waals surface area contributed by atoms with E-state index in [-0.39, 0.29) is 10.5 Å². The monoisotopic (exact) mass is 654 g/mol. The van der Waals surface area contributed by atoms with Crippen LogP contribution in [0.3, 0.4) is 0 Å². The minimum absolute atomic E-state index is 0.0748. The van der Waals surface area contributed by atoms with E-state index >= 15 is 0 Å². The first-order chi connectivity index (χ1) is 19.6. The lowest BCUT2D eigenvalue weighted by Gasteiger charge is -2.32. The van der Waals surface area contributed by atoms with Crippen molar-refractivity contribution < 1.29 is 72.4 Å². The maximum absolute atomic E-state index is 13.2. The van der Waals surface area contributed by atoms with Crippen molar-refractivity contribution in [3.63, 3.8) is 0 Å². The smallest absolute Gasteiger partial charge is 0.429 e. The van der Waals surface area contributed by atoms with Gasteiger partial charge in [0, 0.05) is 15.4 Å². The van der Waals surface area contributed by atoms with Gasteiger partial charge >= 0.3 is 24.7 Å². The summed E-state index contributed by atoms with van der Waals surface area (Å²) < 4.78 is 167. The number of hydrogen-bond donors (Lipinski definition) is 3. The molecule has 0 fully saturated rings. The summed E-state index contributed by atoms with van der Waals surface area (Å²) in [4.78, 5) is 1.06. The van der Waals surface area contributed by atoms with Crippen molar-refractivity contribution in [1.82, 2.24) is 0 Å². The van der Waals surface area contributed by atoms with Crippen molar-refractivity contribution >= 4 is 10.9 Å². The van der Waals surface area contributed by atoms with Crippen LogP contribution in [0, 0.1) is 0 Å². The second kappa shape index (κ2) is 10.7. The SMILES string of the molecule is OC(COc1cccc([SH]2c3ccccc3-c3c(OCC(O)(C(F)(F)F)C(F)(F)F)cccc32)c1)(C(F)(F)F)C(F)(F)F. The normalized spacial score (nSPS) is 16.9. The number of halogens is 12. The zero-order valence-corrected chi connectivity index (χ0v) is 21.9. The molecule has 4 rings (SSSR count). The molecule has 0 aromatic heterocycles. The van der Waals surface area contributed by atoms with Gasteiger partial charge in [0.05, 0.1) is 0 Å². The Hall–Kier alpha value is -3.31. The summed E-state index contributed by atoms with van der Waals surface area (Å²) in [7, 11) is -1.75. The number of aliphatic hydroxyl groups is 2. The predicted molar refractivity (Wildman–Crippen MR) is 127 cm³/mol. The minimum Gasteiger partial charge on any atom is -0.490 e. The van der Waals surface area contributed by atoms with Gasteiger partial charge in [-0.05, 0) is 46.9 Å². The second-order valence-corrected chi connectivity index (χ2v) is 11.4. The van der Waals surface area contributed by atoms with Gasteiger partial charge in [-0.3, -0.25) is 0 Å². The Morgan fingerprint density at radius 3 is 1.60 bits per heavy atom. The van der Waals surface area contributed by atoms with Gasteiger partial charge < -0.3 is 19.7 Å². The molecule has 1 unspecified atom stereocenters. The fraction of sp³-hybridized carbons (Fsp3) is 0.308. The first-order valence-corrected chi connectivity index (χ1v) is 13.1. The molecule has 236 valence electrons. The van der Waals surface area contributed by atoms with E-state index in [9.17, 15) is 62.9 Å². The summed E-state index contributed by atoms with van der Waals surface area (Å²) >= 11 is 0. The quantitative estimate of drug-likeness (QED) is 0.142. The van der Waals surface area contributed by atoms with Crippen LogP contribution in [-0.4, -0.2) is 59.3 Å². The molecule has 0 saturated carbocycles. The number of hydrogen-bond acceptors (Lipinski definition) is 4. The van der Waals surface area contributed by atoms with Gasteiger partial charge in [0.15, 0.2) is 0 Å². The lowest BCUT2D eigenvalue weighted by atomic mass is 10.0. The Morgan fingerprint density at radius 1 is 0.558 bits per heavy atom. The number of alkyl halides is 12. The van der Waals surface area contributed by atoms with Crippen molar-refractivity contribution in [2.45, 2.75) is 50.6 Å². The summed E-state index contributed by atoms with van der Waals surface area (Å²) in [5.41, 5.74) is -10.00. The number of ether oxygens (including phenoxy) is 2. The van der Waals surface area contributed by atoms with E-state index in [0.29, 0.717) is 15.4 Å². The Bertz CT molecular complexity index is 1450. The summed E-state index contributed by atoms with van der Waals surface area (Å²) in [6.45, 7) is -4.46. The number of rotatable bonds is 7. The lowest BCUT2D eigenvalue weighted by molar-refractivity contribution is -0.374. The van der Waals surface area contributed by atoms with Gasteiger partial charge in [0.1, 0.15) is 24.7 Å². The first-order valence-electron chi connectivity index (χ1n) is 11.7. The van der Waals surface area contributed by atoms with Crippen molar-refractivity contribution in [3.8, 4) is 22.6 Å². The molecule has 1 heterocycles. The average Bonchev–Trinajstić information content (AvgIpc) is 3.23. The molecule has 4 nitrogen and oxygen atoms in total. The van der Waals surface area contributed by atoms with E-state index in [2.05, 4.69) is 0 Å². The van der Waals surface area contributed by atoms with Crippen LogP contribution in [0.5, 0.6) is 11.5 Å². The summed E-state index contributed by atoms with van der Waals surface area (Å²) in [6, 6.07) is 14.7. The molecule has 3 aromatic carbocycles. The van der Waals surface area contributed by atoms with E-state index < -0.39 is 71.5 Å². The van der Waals surface area contributed by atoms with Crippen molar-refractivity contribution in [1.29, 1.82) is 0 Å². The van der Waals surface area contributed by atoms with Crippen LogP contribution in [0.2, 0.25) is 0 Å². The molecule has 0 spiro atoms. The molecular formula is C26H18F12O4S. The molecule has 43 heavy (non-hydrogen) atoms. The van der Waals surface area contributed by atoms with Crippen molar-refractivity contribution in [2.75, 3.05) is 13.2 Å². The topological polar surface area (TPSA) is 58.9 Å². The fourth-order valence-corrected chi connectivity index (χ4v) is 6.78. The lowest BCUT2D eigenvalue weighted by Crippen LogP contribution is -2.60. The van der Waals surface area contributed by atoms with Crippen molar-refractivity contribution in [3.05, 3.63) is 66.7 Å². The number of fused-ring (bicyclic) bond motifs is 3. The van der Waals surface area contributed by atoms with Crippen LogP contribution >= 0.6 is 10.9 Å². The Balaban J connectivity index is 1.72. The third-order valence-electron chi connectivity index (χ3n) is 6.50. The summed E-state index contributed by atoms with van der Waals surface area (Å²) in [5, 5.41) is 18.9. The third kappa shape index (κ3) is 5.69. The van der Waals surface area contributed by atoms with Gasteiger partial charge in [-0.25, -0.2) is 0 Å². The molecule has 1 aliphatic rings. The van der Waals surface area contributed by atoms with E-state index in [4.69, 9.17) is 9.47 Å². The van der Waals surface area contributed by atoms with Gasteiger partial charge in [-0.2, -0.15) is 63.6 Å². The Labute approximate surface area is 236 Å². The standard InChI is InChI=1S/C26H18F12O4S/c27-23(28,29)21(39,24(30,31)32)12-41-14-5-3-6-15(11-14)43-18-9-2-1-7-16(18)20-17(8-4-10-19(20)43)42-13-22(40,25(33,34)35)26(36,37)38/h1-11,39-40,43H,12-13H2. The molecule has 0 bridgehead atoms. The highest BCUT2D eigenvalue weighted by molar-refractivity contribution is 8.17. The van der Waals surface area contributed by atoms with Gasteiger partial charge in [0.2, 0.25) is 0 Å². The molecule has 1 atom stereocenters. The molecule has 2 N–H and O–H groups in total. The van der Waals surface area contributed by atoms with Gasteiger partial charge in [-0.15, -0.1) is 0 Å². The molecule has 0 radical (unpaired) electrons. The third-order valence-corrected chi connectivity index (χ3v) is 9.02. The molecule has 17 heteroatoms. The number of thiol groups is 1. The van der Waals surface area contributed by atoms with Crippen LogP contribution in [0.15, 0.2) is 81.4 Å². The summed E-state index contributed by atoms with van der Waals surface area (Å²) in [6.07, 6.45) is -24.5. The number of benzene rings is 3. The molecule has 0 amide bonds. The van der Waals surface area contributed by atoms with E-state index in [1.807, 2.05) is 0 Å². The maximum atomic E-state index is 13.2. The highest BCUT2D eigenvalue weighted by Crippen LogP contribution is 2.64. The predicted octanol–water partition coefficient (Wildman–Crippen LogP) is 7.61. The van der Waals surface area contributed by atoms with E-state index in [0.717, 1.165) is 18.2 Å². The van der Waals surface area contributed by atoms with Crippen LogP contribution in [0.1, 0.15) is 0 Å². The molecule has 3 aromatic rings. The largest absolute Gasteiger partial charge is 0.490 e. The highest BCUT2D eigenvalue weighted by Gasteiger charge is 2.72. The molecular weight excluding hydrogens is 636 g/mol. The zero-order valence-electron chi connectivity index (χ0n) is 21.0. The van der Waals surface area contributed by atoms with E-state index in [1.165, 1.54) is 36.4 Å². The van der Waals surface area contributed by atoms with Crippen LogP contribution in [0.25, 0.3) is 11.1 Å². The zero-order chi connectivity index (χ0) is 32.2. The van der Waals surface area contributed by atoms with Crippen molar-refractivity contribution in [2.24, 2.45) is 0 Å². The van der Waals surface area contributed by atoms with Crippen LogP contribution in [-0.2, 0) is 0 Å². The van der Waals surface area contributed by atoms with Gasteiger partial charge in [0.25, 0.3) is 11.2 Å². The molecule has 0 aliphatic carbocycles. The molecule has 0 saturated heterocycles. The maximum Gasteiger partial charge on any atom is 0.429 e. The minimum atomic E-state index is -6.14. The van der Waals surface area contributed by atoms with E-state index in [1.54, 1.807) is 12.1 Å².